The van der Waals surface area contributed by atoms with Crippen molar-refractivity contribution in [2.45, 2.75) is 43.9 Å². The van der Waals surface area contributed by atoms with Crippen molar-refractivity contribution >= 4 is 21.9 Å². The van der Waals surface area contributed by atoms with E-state index in [-0.39, 0.29) is 5.76 Å². The number of furan rings is 1. The monoisotopic (exact) mass is 414 g/mol. The summed E-state index contributed by atoms with van der Waals surface area (Å²) in [5.74, 6) is 3.29. The summed E-state index contributed by atoms with van der Waals surface area (Å²) in [5.41, 5.74) is 2.84. The van der Waals surface area contributed by atoms with Gasteiger partial charge in [-0.05, 0) is 91.5 Å². The van der Waals surface area contributed by atoms with Gasteiger partial charge in [0.2, 0.25) is 5.76 Å². The van der Waals surface area contributed by atoms with Gasteiger partial charge in [0.25, 0.3) is 0 Å². The predicted molar refractivity (Wildman–Crippen MR) is 103 cm³/mol. The summed E-state index contributed by atoms with van der Waals surface area (Å²) in [6.45, 7) is 0. The minimum absolute atomic E-state index is 0.236. The van der Waals surface area contributed by atoms with Gasteiger partial charge in [-0.25, -0.2) is 4.79 Å². The van der Waals surface area contributed by atoms with Gasteiger partial charge in [0, 0.05) is 10.0 Å². The van der Waals surface area contributed by atoms with E-state index in [1.54, 1.807) is 6.07 Å². The summed E-state index contributed by atoms with van der Waals surface area (Å²) in [6.07, 6.45) is 8.46. The maximum absolute atomic E-state index is 11.6. The molecule has 2 aromatic rings. The third-order valence-electron chi connectivity index (χ3n) is 6.88. The second-order valence-electron chi connectivity index (χ2n) is 8.55. The number of methoxy groups -OCH3 is 1. The zero-order valence-electron chi connectivity index (χ0n) is 15.0. The molecule has 1 aromatic carbocycles. The lowest BCUT2D eigenvalue weighted by atomic mass is 9.48. The van der Waals surface area contributed by atoms with Crippen LogP contribution in [0.4, 0.5) is 0 Å². The summed E-state index contributed by atoms with van der Waals surface area (Å²) in [4.78, 5) is 11.6. The lowest BCUT2D eigenvalue weighted by Crippen LogP contribution is -2.48. The highest BCUT2D eigenvalue weighted by atomic mass is 79.9. The van der Waals surface area contributed by atoms with Crippen LogP contribution in [0.2, 0.25) is 0 Å². The topological polar surface area (TPSA) is 39.4 Å². The van der Waals surface area contributed by atoms with Crippen LogP contribution in [0.5, 0.6) is 0 Å². The number of rotatable bonds is 3. The van der Waals surface area contributed by atoms with Crippen molar-refractivity contribution in [2.24, 2.45) is 17.8 Å². The molecule has 4 bridgehead atoms. The molecule has 6 rings (SSSR count). The van der Waals surface area contributed by atoms with Crippen LogP contribution >= 0.6 is 15.9 Å². The maximum Gasteiger partial charge on any atom is 0.373 e. The van der Waals surface area contributed by atoms with Gasteiger partial charge in [0.15, 0.2) is 0 Å². The van der Waals surface area contributed by atoms with Crippen LogP contribution in [0.25, 0.3) is 11.3 Å². The summed E-state index contributed by atoms with van der Waals surface area (Å²) < 4.78 is 11.5. The van der Waals surface area contributed by atoms with Gasteiger partial charge in [-0.2, -0.15) is 0 Å². The van der Waals surface area contributed by atoms with Crippen LogP contribution in [-0.2, 0) is 10.2 Å². The van der Waals surface area contributed by atoms with Crippen molar-refractivity contribution in [3.05, 3.63) is 46.1 Å². The van der Waals surface area contributed by atoms with Gasteiger partial charge in [-0.1, -0.05) is 22.0 Å². The number of benzene rings is 1. The van der Waals surface area contributed by atoms with E-state index in [0.717, 1.165) is 27.8 Å². The van der Waals surface area contributed by atoms with Crippen molar-refractivity contribution < 1.29 is 13.9 Å². The Labute approximate surface area is 162 Å². The fourth-order valence-corrected chi connectivity index (χ4v) is 6.78. The average molecular weight is 415 g/mol. The van der Waals surface area contributed by atoms with E-state index in [0.29, 0.717) is 11.2 Å². The van der Waals surface area contributed by atoms with Crippen LogP contribution in [0.3, 0.4) is 0 Å². The normalized spacial score (nSPS) is 32.0. The molecule has 1 heterocycles. The quantitative estimate of drug-likeness (QED) is 0.581. The largest absolute Gasteiger partial charge is 0.463 e. The number of esters is 1. The minimum atomic E-state index is -0.447. The molecular formula is C22H23BrO3. The first-order valence-corrected chi connectivity index (χ1v) is 10.3. The molecule has 0 radical (unpaired) electrons. The molecule has 0 amide bonds. The van der Waals surface area contributed by atoms with Gasteiger partial charge >= 0.3 is 5.97 Å². The zero-order chi connectivity index (χ0) is 17.9. The molecule has 26 heavy (non-hydrogen) atoms. The van der Waals surface area contributed by atoms with Crippen LogP contribution in [0, 0.1) is 17.8 Å². The highest BCUT2D eigenvalue weighted by Gasteiger charge is 2.51. The van der Waals surface area contributed by atoms with E-state index in [1.807, 2.05) is 6.07 Å². The van der Waals surface area contributed by atoms with Crippen molar-refractivity contribution in [1.82, 2.24) is 0 Å². The summed E-state index contributed by atoms with van der Waals surface area (Å²) in [6, 6.07) is 10.2. The Bertz CT molecular complexity index is 831. The standard InChI is InChI=1S/C22H23BrO3/c1-25-21(24)20-5-4-19(26-20)17-3-2-16(9-18(17)23)22-10-13-6-14(11-22)8-15(7-13)12-22/h2-5,9,13-15H,6-8,10-12H2,1H3. The fourth-order valence-electron chi connectivity index (χ4n) is 6.20. The van der Waals surface area contributed by atoms with Crippen LogP contribution in [0.15, 0.2) is 39.2 Å². The Balaban J connectivity index is 1.47. The second-order valence-corrected chi connectivity index (χ2v) is 9.40. The van der Waals surface area contributed by atoms with Crippen molar-refractivity contribution in [2.75, 3.05) is 7.11 Å². The predicted octanol–water partition coefficient (Wildman–Crippen LogP) is 5.96. The van der Waals surface area contributed by atoms with E-state index < -0.39 is 5.97 Å². The van der Waals surface area contributed by atoms with Crippen molar-refractivity contribution in [3.63, 3.8) is 0 Å². The number of hydrogen-bond donors (Lipinski definition) is 0. The number of ether oxygens (including phenoxy) is 1. The maximum atomic E-state index is 11.6. The van der Waals surface area contributed by atoms with Gasteiger partial charge < -0.3 is 9.15 Å². The van der Waals surface area contributed by atoms with Gasteiger partial charge in [0.1, 0.15) is 5.76 Å². The SMILES string of the molecule is COC(=O)c1ccc(-c2ccc(C34CC5CC(CC(C5)C3)C4)cc2Br)o1. The molecule has 4 aliphatic rings. The lowest BCUT2D eigenvalue weighted by molar-refractivity contribution is -0.00520. The Kier molecular flexibility index (Phi) is 3.82. The molecule has 1 aromatic heterocycles. The smallest absolute Gasteiger partial charge is 0.373 e. The number of carbonyl (C=O) groups is 1. The molecule has 4 fully saturated rings. The Morgan fingerprint density at radius 1 is 1.08 bits per heavy atom. The first-order chi connectivity index (χ1) is 12.6. The first-order valence-electron chi connectivity index (χ1n) is 9.55. The van der Waals surface area contributed by atoms with Crippen molar-refractivity contribution in [3.8, 4) is 11.3 Å². The van der Waals surface area contributed by atoms with Gasteiger partial charge in [-0.3, -0.25) is 0 Å². The number of halogens is 1. The van der Waals surface area contributed by atoms with E-state index in [1.165, 1.54) is 51.2 Å². The van der Waals surface area contributed by atoms with Crippen molar-refractivity contribution in [1.29, 1.82) is 0 Å². The molecule has 0 unspecified atom stereocenters. The highest BCUT2D eigenvalue weighted by molar-refractivity contribution is 9.10. The fraction of sp³-hybridized carbons (Fsp3) is 0.500. The van der Waals surface area contributed by atoms with E-state index in [9.17, 15) is 4.79 Å². The minimum Gasteiger partial charge on any atom is -0.463 e. The molecule has 0 N–H and O–H groups in total. The molecule has 0 aliphatic heterocycles. The summed E-state index contributed by atoms with van der Waals surface area (Å²) in [5, 5.41) is 0. The highest BCUT2D eigenvalue weighted by Crippen LogP contribution is 2.61. The van der Waals surface area contributed by atoms with Crippen LogP contribution in [-0.4, -0.2) is 13.1 Å². The molecule has 4 saturated carbocycles. The first kappa shape index (κ1) is 16.6. The molecule has 136 valence electrons. The zero-order valence-corrected chi connectivity index (χ0v) is 16.6. The number of carbonyl (C=O) groups excluding carboxylic acids is 1. The van der Waals surface area contributed by atoms with E-state index in [2.05, 4.69) is 34.1 Å². The molecule has 0 saturated heterocycles. The van der Waals surface area contributed by atoms with Crippen LogP contribution < -0.4 is 0 Å². The van der Waals surface area contributed by atoms with E-state index in [4.69, 9.17) is 9.15 Å². The number of hydrogen-bond acceptors (Lipinski definition) is 3. The summed E-state index contributed by atoms with van der Waals surface area (Å²) >= 11 is 3.75. The third kappa shape index (κ3) is 2.57. The molecule has 4 aliphatic carbocycles. The lowest BCUT2D eigenvalue weighted by Gasteiger charge is -2.57. The average Bonchev–Trinajstić information content (AvgIpc) is 3.09. The molecule has 0 spiro atoms. The molecular weight excluding hydrogens is 392 g/mol. The summed E-state index contributed by atoms with van der Waals surface area (Å²) in [7, 11) is 1.36. The second kappa shape index (κ2) is 5.98. The molecule has 3 nitrogen and oxygen atoms in total. The Hall–Kier alpha value is -1.55. The molecule has 0 atom stereocenters. The Morgan fingerprint density at radius 2 is 1.73 bits per heavy atom. The van der Waals surface area contributed by atoms with Crippen LogP contribution in [0.1, 0.15) is 54.6 Å². The molecule has 4 heteroatoms. The van der Waals surface area contributed by atoms with Gasteiger partial charge in [0.05, 0.1) is 7.11 Å². The van der Waals surface area contributed by atoms with E-state index >= 15 is 0 Å². The van der Waals surface area contributed by atoms with Gasteiger partial charge in [-0.15, -0.1) is 0 Å². The Morgan fingerprint density at radius 3 is 2.31 bits per heavy atom. The third-order valence-corrected chi connectivity index (χ3v) is 7.53.